The molecule has 2 saturated heterocycles. The zero-order valence-electron chi connectivity index (χ0n) is 12.3. The second-order valence-electron chi connectivity index (χ2n) is 5.07. The molecule has 2 aliphatic heterocycles. The molecule has 0 aliphatic carbocycles. The summed E-state index contributed by atoms with van der Waals surface area (Å²) in [5.41, 5.74) is 0. The van der Waals surface area contributed by atoms with Crippen LogP contribution in [0.4, 0.5) is 0 Å². The van der Waals surface area contributed by atoms with Gasteiger partial charge in [0.15, 0.2) is 0 Å². The first-order valence-electron chi connectivity index (χ1n) is 7.31. The van der Waals surface area contributed by atoms with Gasteiger partial charge >= 0.3 is 0 Å². The van der Waals surface area contributed by atoms with Crippen LogP contribution in [-0.4, -0.2) is 81.9 Å². The Morgan fingerprint density at radius 1 is 1.00 bits per heavy atom. The normalized spacial score (nSPS) is 24.2. The van der Waals surface area contributed by atoms with Gasteiger partial charge in [0, 0.05) is 52.4 Å². The number of hydrogen-bond acceptors (Lipinski definition) is 5. The fourth-order valence-electron chi connectivity index (χ4n) is 2.27. The van der Waals surface area contributed by atoms with Gasteiger partial charge in [0.2, 0.25) is 0 Å². The van der Waals surface area contributed by atoms with Crippen molar-refractivity contribution in [2.75, 3.05) is 66.0 Å². The lowest BCUT2D eigenvalue weighted by Gasteiger charge is -2.32. The number of nitrogens with one attached hydrogen (secondary N) is 3. The van der Waals surface area contributed by atoms with E-state index >= 15 is 0 Å². The minimum absolute atomic E-state index is 0.544. The lowest BCUT2D eigenvalue weighted by Crippen LogP contribution is -2.52. The summed E-state index contributed by atoms with van der Waals surface area (Å²) in [6, 6.07) is 0. The van der Waals surface area contributed by atoms with Gasteiger partial charge in [-0.3, -0.25) is 4.90 Å². The van der Waals surface area contributed by atoms with Crippen LogP contribution in [0.1, 0.15) is 13.8 Å². The van der Waals surface area contributed by atoms with Crippen LogP contribution >= 0.6 is 0 Å². The van der Waals surface area contributed by atoms with Crippen LogP contribution in [-0.2, 0) is 0 Å². The summed E-state index contributed by atoms with van der Waals surface area (Å²) in [5, 5.41) is 10.0. The highest BCUT2D eigenvalue weighted by atomic mass is 15.3. The van der Waals surface area contributed by atoms with E-state index in [0.29, 0.717) is 6.17 Å². The van der Waals surface area contributed by atoms with E-state index in [4.69, 9.17) is 0 Å². The molecule has 0 bridgehead atoms. The van der Waals surface area contributed by atoms with Gasteiger partial charge in [0.25, 0.3) is 0 Å². The molecule has 3 N–H and O–H groups in total. The molecule has 18 heavy (non-hydrogen) atoms. The maximum atomic E-state index is 3.41. The lowest BCUT2D eigenvalue weighted by atomic mass is 10.3. The Kier molecular flexibility index (Phi) is 8.54. The number of rotatable bonds is 3. The maximum Gasteiger partial charge on any atom is 0.0568 e. The largest absolute Gasteiger partial charge is 0.314 e. The van der Waals surface area contributed by atoms with E-state index in [9.17, 15) is 0 Å². The van der Waals surface area contributed by atoms with Crippen molar-refractivity contribution in [2.45, 2.75) is 20.0 Å². The number of piperazine rings is 2. The summed E-state index contributed by atoms with van der Waals surface area (Å²) in [6.07, 6.45) is 0.544. The van der Waals surface area contributed by atoms with Crippen LogP contribution in [0.5, 0.6) is 0 Å². The van der Waals surface area contributed by atoms with Crippen LogP contribution in [0.25, 0.3) is 0 Å². The molecule has 2 fully saturated rings. The summed E-state index contributed by atoms with van der Waals surface area (Å²) in [7, 11) is 2.15. The lowest BCUT2D eigenvalue weighted by molar-refractivity contribution is 0.160. The Balaban J connectivity index is 0.000000199. The molecule has 0 amide bonds. The molecular weight excluding hydrogens is 226 g/mol. The van der Waals surface area contributed by atoms with Crippen molar-refractivity contribution in [3.8, 4) is 0 Å². The molecule has 5 nitrogen and oxygen atoms in total. The quantitative estimate of drug-likeness (QED) is 0.628. The van der Waals surface area contributed by atoms with Crippen molar-refractivity contribution in [3.63, 3.8) is 0 Å². The Labute approximate surface area is 112 Å². The van der Waals surface area contributed by atoms with Crippen molar-refractivity contribution in [1.82, 2.24) is 25.8 Å². The molecule has 0 saturated carbocycles. The fraction of sp³-hybridized carbons (Fsp3) is 1.00. The molecule has 0 aromatic carbocycles. The summed E-state index contributed by atoms with van der Waals surface area (Å²) in [5.74, 6) is 0. The topological polar surface area (TPSA) is 42.6 Å². The van der Waals surface area contributed by atoms with Crippen molar-refractivity contribution in [1.29, 1.82) is 0 Å². The first-order valence-corrected chi connectivity index (χ1v) is 7.31. The Morgan fingerprint density at radius 2 is 1.50 bits per heavy atom. The first-order chi connectivity index (χ1) is 8.74. The summed E-state index contributed by atoms with van der Waals surface area (Å²) >= 11 is 0. The van der Waals surface area contributed by atoms with E-state index in [2.05, 4.69) is 46.6 Å². The Morgan fingerprint density at radius 3 is 1.89 bits per heavy atom. The predicted molar refractivity (Wildman–Crippen MR) is 77.9 cm³/mol. The van der Waals surface area contributed by atoms with E-state index in [0.717, 1.165) is 32.7 Å². The SMILES string of the molecule is CCNC(C)N1CCNCC1.CN1CCNCC1. The van der Waals surface area contributed by atoms with Crippen LogP contribution in [0.2, 0.25) is 0 Å². The van der Waals surface area contributed by atoms with Crippen LogP contribution in [0.3, 0.4) is 0 Å². The smallest absolute Gasteiger partial charge is 0.0568 e. The van der Waals surface area contributed by atoms with Gasteiger partial charge in [-0.15, -0.1) is 0 Å². The highest BCUT2D eigenvalue weighted by Crippen LogP contribution is 1.96. The Bertz CT molecular complexity index is 188. The van der Waals surface area contributed by atoms with E-state index < -0.39 is 0 Å². The minimum atomic E-state index is 0.544. The average Bonchev–Trinajstić information content (AvgIpc) is 2.42. The standard InChI is InChI=1S/C8H19N3.C5H12N2/c1-3-10-8(2)11-6-4-9-5-7-11;1-7-4-2-6-3-5-7/h8-10H,3-7H2,1-2H3;6H,2-5H2,1H3. The van der Waals surface area contributed by atoms with Gasteiger partial charge in [-0.2, -0.15) is 0 Å². The summed E-state index contributed by atoms with van der Waals surface area (Å²) in [4.78, 5) is 4.80. The minimum Gasteiger partial charge on any atom is -0.314 e. The van der Waals surface area contributed by atoms with Crippen LogP contribution < -0.4 is 16.0 Å². The fourth-order valence-corrected chi connectivity index (χ4v) is 2.27. The van der Waals surface area contributed by atoms with Crippen molar-refractivity contribution in [3.05, 3.63) is 0 Å². The molecule has 5 heteroatoms. The maximum absolute atomic E-state index is 3.41. The average molecular weight is 257 g/mol. The van der Waals surface area contributed by atoms with Crippen LogP contribution in [0.15, 0.2) is 0 Å². The van der Waals surface area contributed by atoms with Gasteiger partial charge in [0.1, 0.15) is 0 Å². The first kappa shape index (κ1) is 15.9. The summed E-state index contributed by atoms with van der Waals surface area (Å²) < 4.78 is 0. The third kappa shape index (κ3) is 6.66. The number of nitrogens with zero attached hydrogens (tertiary/aromatic N) is 2. The molecule has 0 radical (unpaired) electrons. The molecule has 0 spiro atoms. The number of likely N-dealkylation sites (N-methyl/N-ethyl adjacent to an activating group) is 1. The molecule has 2 heterocycles. The third-order valence-electron chi connectivity index (χ3n) is 3.54. The molecule has 2 aliphatic rings. The predicted octanol–water partition coefficient (Wildman–Crippen LogP) is -0.631. The zero-order chi connectivity index (χ0) is 13.2. The van der Waals surface area contributed by atoms with Gasteiger partial charge < -0.3 is 20.9 Å². The van der Waals surface area contributed by atoms with E-state index in [1.54, 1.807) is 0 Å². The van der Waals surface area contributed by atoms with Crippen molar-refractivity contribution < 1.29 is 0 Å². The molecular formula is C13H31N5. The third-order valence-corrected chi connectivity index (χ3v) is 3.54. The molecule has 2 rings (SSSR count). The molecule has 0 aromatic heterocycles. The van der Waals surface area contributed by atoms with Gasteiger partial charge in [-0.05, 0) is 20.5 Å². The Hall–Kier alpha value is -0.200. The van der Waals surface area contributed by atoms with E-state index in [1.807, 2.05) is 0 Å². The van der Waals surface area contributed by atoms with E-state index in [1.165, 1.54) is 26.2 Å². The molecule has 1 unspecified atom stereocenters. The number of hydrogen-bond donors (Lipinski definition) is 3. The van der Waals surface area contributed by atoms with Crippen molar-refractivity contribution >= 4 is 0 Å². The highest BCUT2D eigenvalue weighted by Gasteiger charge is 2.14. The van der Waals surface area contributed by atoms with Crippen molar-refractivity contribution in [2.24, 2.45) is 0 Å². The molecule has 0 aromatic rings. The van der Waals surface area contributed by atoms with E-state index in [-0.39, 0.29) is 0 Å². The monoisotopic (exact) mass is 257 g/mol. The van der Waals surface area contributed by atoms with Gasteiger partial charge in [-0.25, -0.2) is 0 Å². The zero-order valence-corrected chi connectivity index (χ0v) is 12.3. The molecule has 108 valence electrons. The summed E-state index contributed by atoms with van der Waals surface area (Å²) in [6.45, 7) is 14.8. The second-order valence-corrected chi connectivity index (χ2v) is 5.07. The highest BCUT2D eigenvalue weighted by molar-refractivity contribution is 4.71. The second kappa shape index (κ2) is 9.69. The van der Waals surface area contributed by atoms with Gasteiger partial charge in [-0.1, -0.05) is 6.92 Å². The molecule has 1 atom stereocenters. The van der Waals surface area contributed by atoms with Crippen LogP contribution in [0, 0.1) is 0 Å². The van der Waals surface area contributed by atoms with Gasteiger partial charge in [0.05, 0.1) is 6.17 Å².